The largest absolute Gasteiger partial charge is 0.315 e. The van der Waals surface area contributed by atoms with Crippen molar-refractivity contribution in [2.24, 2.45) is 0 Å². The van der Waals surface area contributed by atoms with Crippen molar-refractivity contribution in [2.75, 3.05) is 10.8 Å². The second-order valence-corrected chi connectivity index (χ2v) is 6.50. The van der Waals surface area contributed by atoms with E-state index in [1.165, 1.54) is 33.5 Å². The number of anilines is 1. The van der Waals surface area contributed by atoms with Crippen molar-refractivity contribution < 1.29 is 0 Å². The minimum atomic E-state index is 0.929. The quantitative estimate of drug-likeness (QED) is 0.790. The normalized spacial score (nSPS) is 14.5. The van der Waals surface area contributed by atoms with Crippen LogP contribution in [0.5, 0.6) is 0 Å². The monoisotopic (exact) mass is 296 g/mol. The molecule has 0 radical (unpaired) electrons. The van der Waals surface area contributed by atoms with E-state index in [2.05, 4.69) is 61.2 Å². The van der Waals surface area contributed by atoms with Gasteiger partial charge < -0.3 is 4.90 Å². The molecule has 1 aromatic carbocycles. The summed E-state index contributed by atoms with van der Waals surface area (Å²) in [5.74, 6) is 1.96. The van der Waals surface area contributed by atoms with Crippen LogP contribution < -0.4 is 4.90 Å². The van der Waals surface area contributed by atoms with Crippen LogP contribution in [0.4, 0.5) is 5.82 Å². The zero-order valence-electron chi connectivity index (χ0n) is 13.0. The van der Waals surface area contributed by atoms with Gasteiger partial charge >= 0.3 is 0 Å². The van der Waals surface area contributed by atoms with E-state index in [1.807, 2.05) is 24.0 Å². The smallest absolute Gasteiger partial charge is 0.133 e. The van der Waals surface area contributed by atoms with Crippen LogP contribution in [0.3, 0.4) is 0 Å². The third-order valence-corrected chi connectivity index (χ3v) is 4.78. The maximum Gasteiger partial charge on any atom is 0.133 e. The SMILES string of the molecule is Cc1ccnc(N2CSC=C2c2cc(C)c(C)cc2C)c1. The first-order chi connectivity index (χ1) is 10.1. The third-order valence-electron chi connectivity index (χ3n) is 3.98. The fourth-order valence-corrected chi connectivity index (χ4v) is 3.53. The molecule has 2 aromatic rings. The Balaban J connectivity index is 2.04. The Morgan fingerprint density at radius 2 is 1.76 bits per heavy atom. The minimum Gasteiger partial charge on any atom is -0.315 e. The van der Waals surface area contributed by atoms with Crippen LogP contribution in [0.2, 0.25) is 0 Å². The van der Waals surface area contributed by atoms with Gasteiger partial charge in [0, 0.05) is 11.8 Å². The van der Waals surface area contributed by atoms with Crippen LogP contribution >= 0.6 is 11.8 Å². The molecular formula is C18H20N2S. The molecule has 0 fully saturated rings. The van der Waals surface area contributed by atoms with Gasteiger partial charge in [-0.3, -0.25) is 0 Å². The number of nitrogens with zero attached hydrogens (tertiary/aromatic N) is 2. The molecule has 0 aliphatic carbocycles. The van der Waals surface area contributed by atoms with Crippen LogP contribution in [-0.2, 0) is 0 Å². The highest BCUT2D eigenvalue weighted by molar-refractivity contribution is 8.02. The van der Waals surface area contributed by atoms with Gasteiger partial charge in [0.05, 0.1) is 11.6 Å². The van der Waals surface area contributed by atoms with Crippen molar-refractivity contribution in [3.63, 3.8) is 0 Å². The summed E-state index contributed by atoms with van der Waals surface area (Å²) in [7, 11) is 0. The number of thioether (sulfide) groups is 1. The predicted octanol–water partition coefficient (Wildman–Crippen LogP) is 4.82. The number of hydrogen-bond donors (Lipinski definition) is 0. The Morgan fingerprint density at radius 1 is 1.00 bits per heavy atom. The molecule has 0 amide bonds. The average molecular weight is 296 g/mol. The maximum atomic E-state index is 4.54. The Bertz CT molecular complexity index is 719. The van der Waals surface area contributed by atoms with E-state index in [9.17, 15) is 0 Å². The number of rotatable bonds is 2. The molecule has 1 aliphatic heterocycles. The van der Waals surface area contributed by atoms with Gasteiger partial charge in [-0.2, -0.15) is 0 Å². The van der Waals surface area contributed by atoms with Gasteiger partial charge in [0.2, 0.25) is 0 Å². The lowest BCUT2D eigenvalue weighted by Crippen LogP contribution is -2.18. The lowest BCUT2D eigenvalue weighted by molar-refractivity contribution is 1.11. The topological polar surface area (TPSA) is 16.1 Å². The van der Waals surface area contributed by atoms with E-state index >= 15 is 0 Å². The van der Waals surface area contributed by atoms with E-state index < -0.39 is 0 Å². The highest BCUT2D eigenvalue weighted by Gasteiger charge is 2.21. The molecule has 2 nitrogen and oxygen atoms in total. The molecular weight excluding hydrogens is 276 g/mol. The third kappa shape index (κ3) is 2.70. The summed E-state index contributed by atoms with van der Waals surface area (Å²) in [5.41, 5.74) is 7.83. The summed E-state index contributed by atoms with van der Waals surface area (Å²) in [4.78, 5) is 6.84. The molecule has 2 heterocycles. The summed E-state index contributed by atoms with van der Waals surface area (Å²) < 4.78 is 0. The van der Waals surface area contributed by atoms with Crippen molar-refractivity contribution in [1.29, 1.82) is 0 Å². The fourth-order valence-electron chi connectivity index (χ4n) is 2.63. The Hall–Kier alpha value is -1.74. The van der Waals surface area contributed by atoms with E-state index in [-0.39, 0.29) is 0 Å². The van der Waals surface area contributed by atoms with Crippen LogP contribution in [0.1, 0.15) is 27.8 Å². The molecule has 0 saturated heterocycles. The van der Waals surface area contributed by atoms with Gasteiger partial charge in [-0.15, -0.1) is 11.8 Å². The predicted molar refractivity (Wildman–Crippen MR) is 92.5 cm³/mol. The summed E-state index contributed by atoms with van der Waals surface area (Å²) in [6, 6.07) is 8.76. The molecule has 1 aliphatic rings. The fraction of sp³-hybridized carbons (Fsp3) is 0.278. The van der Waals surface area contributed by atoms with Gasteiger partial charge in [0.1, 0.15) is 5.82 Å². The molecule has 3 heteroatoms. The molecule has 0 N–H and O–H groups in total. The summed E-state index contributed by atoms with van der Waals surface area (Å²) in [6.45, 7) is 8.65. The standard InChI is InChI=1S/C18H20N2S/c1-12-5-6-19-18(7-12)20-11-21-10-17(20)16-9-14(3)13(2)8-15(16)4/h5-10H,11H2,1-4H3. The lowest BCUT2D eigenvalue weighted by atomic mass is 9.98. The van der Waals surface area contributed by atoms with Gasteiger partial charge in [-0.05, 0) is 73.6 Å². The van der Waals surface area contributed by atoms with E-state index in [4.69, 9.17) is 0 Å². The van der Waals surface area contributed by atoms with Crippen molar-refractivity contribution in [3.8, 4) is 0 Å². The first kappa shape index (κ1) is 14.2. The number of pyridine rings is 1. The summed E-state index contributed by atoms with van der Waals surface area (Å²) in [6.07, 6.45) is 1.89. The van der Waals surface area contributed by atoms with Crippen LogP contribution in [0, 0.1) is 27.7 Å². The Kier molecular flexibility index (Phi) is 3.77. The Labute approximate surface area is 130 Å². The maximum absolute atomic E-state index is 4.54. The average Bonchev–Trinajstić information content (AvgIpc) is 2.92. The zero-order chi connectivity index (χ0) is 15.0. The molecule has 21 heavy (non-hydrogen) atoms. The second kappa shape index (κ2) is 5.57. The highest BCUT2D eigenvalue weighted by Crippen LogP contribution is 2.36. The molecule has 0 unspecified atom stereocenters. The van der Waals surface area contributed by atoms with E-state index in [0.29, 0.717) is 0 Å². The minimum absolute atomic E-state index is 0.929. The van der Waals surface area contributed by atoms with Crippen molar-refractivity contribution in [3.05, 3.63) is 63.7 Å². The second-order valence-electron chi connectivity index (χ2n) is 5.67. The van der Waals surface area contributed by atoms with E-state index in [1.54, 1.807) is 0 Å². The van der Waals surface area contributed by atoms with Crippen molar-refractivity contribution >= 4 is 23.3 Å². The van der Waals surface area contributed by atoms with Crippen LogP contribution in [0.25, 0.3) is 5.70 Å². The van der Waals surface area contributed by atoms with Crippen molar-refractivity contribution in [1.82, 2.24) is 4.98 Å². The van der Waals surface area contributed by atoms with Crippen molar-refractivity contribution in [2.45, 2.75) is 27.7 Å². The molecule has 0 atom stereocenters. The molecule has 3 rings (SSSR count). The van der Waals surface area contributed by atoms with Crippen LogP contribution in [0.15, 0.2) is 35.9 Å². The number of aryl methyl sites for hydroxylation is 4. The first-order valence-electron chi connectivity index (χ1n) is 7.16. The van der Waals surface area contributed by atoms with Gasteiger partial charge in [0.15, 0.2) is 0 Å². The molecule has 0 spiro atoms. The lowest BCUT2D eigenvalue weighted by Gasteiger charge is -2.23. The highest BCUT2D eigenvalue weighted by atomic mass is 32.2. The van der Waals surface area contributed by atoms with E-state index in [0.717, 1.165) is 11.7 Å². The first-order valence-corrected chi connectivity index (χ1v) is 8.21. The Morgan fingerprint density at radius 3 is 2.52 bits per heavy atom. The molecule has 1 aromatic heterocycles. The number of aromatic nitrogens is 1. The number of hydrogen-bond acceptors (Lipinski definition) is 3. The van der Waals surface area contributed by atoms with Gasteiger partial charge in [0.25, 0.3) is 0 Å². The molecule has 0 bridgehead atoms. The summed E-state index contributed by atoms with van der Waals surface area (Å²) >= 11 is 1.83. The van der Waals surface area contributed by atoms with Crippen LogP contribution in [-0.4, -0.2) is 10.9 Å². The molecule has 0 saturated carbocycles. The molecule has 108 valence electrons. The zero-order valence-corrected chi connectivity index (χ0v) is 13.8. The number of benzene rings is 1. The summed E-state index contributed by atoms with van der Waals surface area (Å²) in [5, 5.41) is 2.25. The van der Waals surface area contributed by atoms with Gasteiger partial charge in [-0.25, -0.2) is 4.98 Å². The van der Waals surface area contributed by atoms with Gasteiger partial charge in [-0.1, -0.05) is 6.07 Å².